The number of nitrogens with zero attached hydrogens (tertiary/aromatic N) is 2. The number of aromatic nitrogens is 3. The molecule has 1 N–H and O–H groups in total. The van der Waals surface area contributed by atoms with Crippen LogP contribution in [0, 0.1) is 6.92 Å². The molecule has 6 nitrogen and oxygen atoms in total. The van der Waals surface area contributed by atoms with Gasteiger partial charge in [0.15, 0.2) is 0 Å². The van der Waals surface area contributed by atoms with E-state index in [4.69, 9.17) is 0 Å². The van der Waals surface area contributed by atoms with Gasteiger partial charge in [-0.15, -0.1) is 0 Å². The van der Waals surface area contributed by atoms with Gasteiger partial charge in [0.05, 0.1) is 22.6 Å². The topological polar surface area (TPSA) is 90.8 Å². The lowest BCUT2D eigenvalue weighted by Crippen LogP contribution is -2.29. The Morgan fingerprint density at radius 2 is 2.27 bits per heavy atom. The third-order valence-corrected chi connectivity index (χ3v) is 2.27. The quantitative estimate of drug-likeness (QED) is 0.643. The van der Waals surface area contributed by atoms with Crippen molar-refractivity contribution in [3.05, 3.63) is 27.7 Å². The van der Waals surface area contributed by atoms with E-state index in [0.717, 1.165) is 6.20 Å². The first-order valence-electron chi connectivity index (χ1n) is 4.28. The number of carbonyl (C=O) groups is 1. The first kappa shape index (κ1) is 9.45. The van der Waals surface area contributed by atoms with E-state index < -0.39 is 11.4 Å². The minimum atomic E-state index is -1.48. The van der Waals surface area contributed by atoms with Gasteiger partial charge in [-0.25, -0.2) is 0 Å². The summed E-state index contributed by atoms with van der Waals surface area (Å²) in [5.41, 5.74) is 0.0623. The lowest BCUT2D eigenvalue weighted by Gasteiger charge is -2.01. The molecule has 0 aliphatic heterocycles. The molecule has 0 atom stereocenters. The van der Waals surface area contributed by atoms with Crippen LogP contribution in [-0.4, -0.2) is 20.7 Å². The third-order valence-electron chi connectivity index (χ3n) is 2.27. The van der Waals surface area contributed by atoms with Gasteiger partial charge < -0.3 is 14.9 Å². The molecule has 78 valence electrons. The van der Waals surface area contributed by atoms with E-state index in [1.807, 2.05) is 0 Å². The zero-order chi connectivity index (χ0) is 11.2. The number of aromatic carboxylic acids is 1. The Bertz CT molecular complexity index is 609. The van der Waals surface area contributed by atoms with E-state index in [-0.39, 0.29) is 5.56 Å². The van der Waals surface area contributed by atoms with Gasteiger partial charge in [0.1, 0.15) is 5.65 Å². The van der Waals surface area contributed by atoms with Crippen molar-refractivity contribution >= 4 is 17.0 Å². The van der Waals surface area contributed by atoms with Crippen LogP contribution in [0.15, 0.2) is 11.0 Å². The summed E-state index contributed by atoms with van der Waals surface area (Å²) in [5.74, 6) is -1.48. The fraction of sp³-hybridized carbons (Fsp3) is 0.222. The molecule has 0 unspecified atom stereocenters. The first-order valence-corrected chi connectivity index (χ1v) is 4.28. The van der Waals surface area contributed by atoms with Crippen LogP contribution < -0.4 is 10.5 Å². The second kappa shape index (κ2) is 2.94. The molecule has 6 heteroatoms. The maximum absolute atomic E-state index is 11.7. The molecule has 0 saturated heterocycles. The van der Waals surface area contributed by atoms with Crippen molar-refractivity contribution in [3.8, 4) is 0 Å². The van der Waals surface area contributed by atoms with Crippen molar-refractivity contribution in [1.29, 1.82) is 0 Å². The minimum Gasteiger partial charge on any atom is -0.545 e. The zero-order valence-electron chi connectivity index (χ0n) is 8.20. The summed E-state index contributed by atoms with van der Waals surface area (Å²) in [7, 11) is 1.67. The van der Waals surface area contributed by atoms with Crippen LogP contribution >= 0.6 is 0 Å². The highest BCUT2D eigenvalue weighted by atomic mass is 16.4. The van der Waals surface area contributed by atoms with Crippen LogP contribution in [-0.2, 0) is 7.05 Å². The predicted molar refractivity (Wildman–Crippen MR) is 50.4 cm³/mol. The smallest absolute Gasteiger partial charge is 0.201 e. The van der Waals surface area contributed by atoms with E-state index in [0.29, 0.717) is 16.7 Å². The standard InChI is InChI=1S/C9H9N3O3/c1-4-6-7(13)5(9(14)15)3-10-8(6)12(2)11-4/h3H,1-2H3,(H,10,13)(H,14,15)/p-1. The fourth-order valence-corrected chi connectivity index (χ4v) is 1.59. The van der Waals surface area contributed by atoms with Crippen molar-refractivity contribution in [2.24, 2.45) is 7.05 Å². The van der Waals surface area contributed by atoms with Crippen LogP contribution in [0.1, 0.15) is 16.1 Å². The van der Waals surface area contributed by atoms with Gasteiger partial charge in [-0.05, 0) is 6.92 Å². The summed E-state index contributed by atoms with van der Waals surface area (Å²) >= 11 is 0. The van der Waals surface area contributed by atoms with Crippen LogP contribution in [0.3, 0.4) is 0 Å². The minimum absolute atomic E-state index is 0.291. The monoisotopic (exact) mass is 206 g/mol. The molecule has 0 radical (unpaired) electrons. The number of hydrogen-bond acceptors (Lipinski definition) is 4. The van der Waals surface area contributed by atoms with E-state index in [1.54, 1.807) is 14.0 Å². The average Bonchev–Trinajstić information content (AvgIpc) is 2.43. The first-order chi connectivity index (χ1) is 7.02. The van der Waals surface area contributed by atoms with Crippen LogP contribution in [0.2, 0.25) is 0 Å². The number of carbonyl (C=O) groups excluding carboxylic acids is 1. The molecule has 0 spiro atoms. The Hall–Kier alpha value is -2.11. The van der Waals surface area contributed by atoms with Crippen LogP contribution in [0.4, 0.5) is 0 Å². The molecule has 0 aliphatic carbocycles. The lowest BCUT2D eigenvalue weighted by molar-refractivity contribution is -0.255. The summed E-state index contributed by atoms with van der Waals surface area (Å²) in [6.45, 7) is 1.65. The molecule has 0 saturated carbocycles. The maximum Gasteiger partial charge on any atom is 0.201 e. The number of pyridine rings is 1. The van der Waals surface area contributed by atoms with E-state index in [9.17, 15) is 14.7 Å². The molecular formula is C9H8N3O3-. The summed E-state index contributed by atoms with van der Waals surface area (Å²) < 4.78 is 1.49. The number of H-pyrrole nitrogens is 1. The Morgan fingerprint density at radius 3 is 2.87 bits per heavy atom. The maximum atomic E-state index is 11.7. The normalized spacial score (nSPS) is 10.8. The molecular weight excluding hydrogens is 198 g/mol. The van der Waals surface area contributed by atoms with Gasteiger partial charge in [0.25, 0.3) is 0 Å². The van der Waals surface area contributed by atoms with Crippen LogP contribution in [0.25, 0.3) is 11.0 Å². The molecule has 2 rings (SSSR count). The average molecular weight is 206 g/mol. The predicted octanol–water partition coefficient (Wildman–Crippen LogP) is -1.07. The van der Waals surface area contributed by atoms with Gasteiger partial charge in [0, 0.05) is 13.2 Å². The molecule has 2 aromatic rings. The van der Waals surface area contributed by atoms with Crippen molar-refractivity contribution in [1.82, 2.24) is 14.8 Å². The molecule has 0 bridgehead atoms. The largest absolute Gasteiger partial charge is 0.545 e. The van der Waals surface area contributed by atoms with Crippen molar-refractivity contribution in [3.63, 3.8) is 0 Å². The molecule has 2 heterocycles. The highest BCUT2D eigenvalue weighted by Gasteiger charge is 2.12. The molecule has 0 fully saturated rings. The number of carboxylic acid groups (broad SMARTS) is 1. The molecule has 0 aliphatic rings. The van der Waals surface area contributed by atoms with Gasteiger partial charge in [-0.1, -0.05) is 0 Å². The lowest BCUT2D eigenvalue weighted by atomic mass is 10.2. The Morgan fingerprint density at radius 1 is 1.60 bits per heavy atom. The summed E-state index contributed by atoms with van der Waals surface area (Å²) in [6.07, 6.45) is 1.13. The number of aromatic amines is 1. The second-order valence-corrected chi connectivity index (χ2v) is 3.25. The van der Waals surface area contributed by atoms with Crippen molar-refractivity contribution < 1.29 is 9.90 Å². The van der Waals surface area contributed by atoms with Crippen LogP contribution in [0.5, 0.6) is 0 Å². The highest BCUT2D eigenvalue weighted by molar-refractivity contribution is 5.90. The Labute approximate surface area is 84.2 Å². The molecule has 0 aromatic carbocycles. The number of nitrogens with one attached hydrogen (secondary N) is 1. The molecule has 2 aromatic heterocycles. The third kappa shape index (κ3) is 1.22. The SMILES string of the molecule is Cc1nn(C)c2[nH]cc(C(=O)[O-])c(=O)c12. The zero-order valence-corrected chi connectivity index (χ0v) is 8.20. The molecule has 0 amide bonds. The number of aryl methyl sites for hydroxylation is 2. The number of hydrogen-bond donors (Lipinski definition) is 1. The molecule has 15 heavy (non-hydrogen) atoms. The van der Waals surface area contributed by atoms with E-state index in [1.165, 1.54) is 4.68 Å². The van der Waals surface area contributed by atoms with Gasteiger partial charge in [-0.3, -0.25) is 9.48 Å². The van der Waals surface area contributed by atoms with Gasteiger partial charge >= 0.3 is 0 Å². The van der Waals surface area contributed by atoms with Crippen molar-refractivity contribution in [2.75, 3.05) is 0 Å². The number of rotatable bonds is 1. The number of carboxylic acids is 1. The number of fused-ring (bicyclic) bond motifs is 1. The summed E-state index contributed by atoms with van der Waals surface area (Å²) in [6, 6.07) is 0. The second-order valence-electron chi connectivity index (χ2n) is 3.25. The van der Waals surface area contributed by atoms with Gasteiger partial charge in [0.2, 0.25) is 5.43 Å². The van der Waals surface area contributed by atoms with E-state index >= 15 is 0 Å². The Kier molecular flexibility index (Phi) is 1.85. The van der Waals surface area contributed by atoms with Gasteiger partial charge in [-0.2, -0.15) is 5.10 Å². The fourth-order valence-electron chi connectivity index (χ4n) is 1.59. The summed E-state index contributed by atoms with van der Waals surface area (Å²) in [4.78, 5) is 25.0. The van der Waals surface area contributed by atoms with Crippen molar-refractivity contribution in [2.45, 2.75) is 6.92 Å². The highest BCUT2D eigenvalue weighted by Crippen LogP contribution is 2.10. The summed E-state index contributed by atoms with van der Waals surface area (Å²) in [5, 5.41) is 14.9. The Balaban J connectivity index is 2.96. The van der Waals surface area contributed by atoms with E-state index in [2.05, 4.69) is 10.1 Å².